The lowest BCUT2D eigenvalue weighted by atomic mass is 10.0. The summed E-state index contributed by atoms with van der Waals surface area (Å²) in [6, 6.07) is 1.47. The molecule has 5 heteroatoms. The normalized spacial score (nSPS) is 12.5. The molecule has 1 heterocycles. The first-order valence-corrected chi connectivity index (χ1v) is 6.95. The molecule has 1 aromatic heterocycles. The molecule has 4 nitrogen and oxygen atoms in total. The minimum Gasteiger partial charge on any atom is -0.349 e. The van der Waals surface area contributed by atoms with Crippen LogP contribution < -0.4 is 10.9 Å². The van der Waals surface area contributed by atoms with Gasteiger partial charge >= 0.3 is 0 Å². The Morgan fingerprint density at radius 3 is 2.58 bits per heavy atom. The van der Waals surface area contributed by atoms with Crippen LogP contribution in [0.3, 0.4) is 0 Å². The molecule has 19 heavy (non-hydrogen) atoms. The Balaban J connectivity index is 2.89. The molecule has 0 aliphatic carbocycles. The van der Waals surface area contributed by atoms with E-state index in [4.69, 9.17) is 11.6 Å². The molecule has 0 fully saturated rings. The Kier molecular flexibility index (Phi) is 5.60. The number of pyridine rings is 1. The lowest BCUT2D eigenvalue weighted by molar-refractivity contribution is 0.0934. The Hall–Kier alpha value is -1.29. The second kappa shape index (κ2) is 6.75. The fourth-order valence-corrected chi connectivity index (χ4v) is 2.33. The first kappa shape index (κ1) is 15.8. The maximum Gasteiger partial charge on any atom is 0.261 e. The topological polar surface area (TPSA) is 62.0 Å². The van der Waals surface area contributed by atoms with Crippen molar-refractivity contribution in [3.8, 4) is 0 Å². The molecule has 0 radical (unpaired) electrons. The predicted molar refractivity (Wildman–Crippen MR) is 77.8 cm³/mol. The van der Waals surface area contributed by atoms with E-state index in [1.54, 1.807) is 0 Å². The van der Waals surface area contributed by atoms with Crippen molar-refractivity contribution in [2.45, 2.75) is 46.6 Å². The summed E-state index contributed by atoms with van der Waals surface area (Å²) in [6.45, 7) is 7.99. The average molecular weight is 285 g/mol. The van der Waals surface area contributed by atoms with Crippen molar-refractivity contribution in [1.82, 2.24) is 10.3 Å². The number of carbonyl (C=O) groups is 1. The quantitative estimate of drug-likeness (QED) is 0.873. The van der Waals surface area contributed by atoms with E-state index in [-0.39, 0.29) is 17.5 Å². The van der Waals surface area contributed by atoms with Gasteiger partial charge in [0.15, 0.2) is 0 Å². The molecule has 1 aromatic rings. The highest BCUT2D eigenvalue weighted by atomic mass is 35.5. The molecule has 0 aliphatic heterocycles. The molecule has 1 amide bonds. The third-order valence-corrected chi connectivity index (χ3v) is 3.21. The van der Waals surface area contributed by atoms with Crippen molar-refractivity contribution < 1.29 is 4.79 Å². The van der Waals surface area contributed by atoms with Gasteiger partial charge in [-0.3, -0.25) is 9.59 Å². The minimum absolute atomic E-state index is 0.0246. The zero-order valence-corrected chi connectivity index (χ0v) is 12.6. The molecule has 1 rings (SSSR count). The Morgan fingerprint density at radius 1 is 1.42 bits per heavy atom. The summed E-state index contributed by atoms with van der Waals surface area (Å²) in [5, 5.41) is 3.24. The van der Waals surface area contributed by atoms with Crippen LogP contribution in [0.4, 0.5) is 0 Å². The Morgan fingerprint density at radius 2 is 2.05 bits per heavy atom. The van der Waals surface area contributed by atoms with Gasteiger partial charge in [-0.1, -0.05) is 32.4 Å². The van der Waals surface area contributed by atoms with Crippen LogP contribution in [0.25, 0.3) is 0 Å². The summed E-state index contributed by atoms with van der Waals surface area (Å²) in [5.41, 5.74) is 0.326. The third-order valence-electron chi connectivity index (χ3n) is 2.87. The van der Waals surface area contributed by atoms with Gasteiger partial charge in [-0.2, -0.15) is 0 Å². The van der Waals surface area contributed by atoms with E-state index in [1.165, 1.54) is 6.07 Å². The van der Waals surface area contributed by atoms with Crippen molar-refractivity contribution in [1.29, 1.82) is 0 Å². The molecule has 0 saturated carbocycles. The highest BCUT2D eigenvalue weighted by molar-refractivity contribution is 6.31. The van der Waals surface area contributed by atoms with Gasteiger partial charge in [0, 0.05) is 11.7 Å². The van der Waals surface area contributed by atoms with E-state index >= 15 is 0 Å². The minimum atomic E-state index is -0.393. The van der Waals surface area contributed by atoms with E-state index in [1.807, 2.05) is 13.8 Å². The number of rotatable bonds is 5. The fraction of sp³-hybridized carbons (Fsp3) is 0.571. The standard InChI is InChI=1S/C14H21ClN2O2/c1-5-12-11(15)7-10(14(19)17-12)13(18)16-9(4)6-8(2)3/h7-9H,5-6H2,1-4H3,(H,16,18)(H,17,19)/t9-/m0/s1. The monoisotopic (exact) mass is 284 g/mol. The number of hydrogen-bond donors (Lipinski definition) is 2. The number of carbonyl (C=O) groups excluding carboxylic acids is 1. The molecular weight excluding hydrogens is 264 g/mol. The highest BCUT2D eigenvalue weighted by Gasteiger charge is 2.16. The maximum absolute atomic E-state index is 12.0. The summed E-state index contributed by atoms with van der Waals surface area (Å²) in [4.78, 5) is 26.5. The van der Waals surface area contributed by atoms with Gasteiger partial charge in [0.1, 0.15) is 5.56 Å². The fourth-order valence-electron chi connectivity index (χ4n) is 2.04. The van der Waals surface area contributed by atoms with Crippen molar-refractivity contribution >= 4 is 17.5 Å². The number of nitrogens with one attached hydrogen (secondary N) is 2. The van der Waals surface area contributed by atoms with E-state index in [0.29, 0.717) is 23.1 Å². The van der Waals surface area contributed by atoms with E-state index in [9.17, 15) is 9.59 Å². The zero-order chi connectivity index (χ0) is 14.6. The van der Waals surface area contributed by atoms with E-state index in [2.05, 4.69) is 24.1 Å². The summed E-state index contributed by atoms with van der Waals surface area (Å²) < 4.78 is 0. The van der Waals surface area contributed by atoms with E-state index < -0.39 is 5.56 Å². The molecule has 1 atom stereocenters. The van der Waals surface area contributed by atoms with Gasteiger partial charge in [-0.15, -0.1) is 0 Å². The summed E-state index contributed by atoms with van der Waals surface area (Å²) >= 11 is 6.02. The summed E-state index contributed by atoms with van der Waals surface area (Å²) in [6.07, 6.45) is 1.49. The molecule has 2 N–H and O–H groups in total. The summed E-state index contributed by atoms with van der Waals surface area (Å²) in [5.74, 6) is 0.110. The van der Waals surface area contributed by atoms with Crippen LogP contribution in [-0.2, 0) is 6.42 Å². The molecule has 0 spiro atoms. The van der Waals surface area contributed by atoms with Gasteiger partial charge in [0.25, 0.3) is 11.5 Å². The number of halogens is 1. The van der Waals surface area contributed by atoms with Gasteiger partial charge in [0.05, 0.1) is 5.02 Å². The first-order valence-electron chi connectivity index (χ1n) is 6.57. The molecule has 0 bridgehead atoms. The largest absolute Gasteiger partial charge is 0.349 e. The molecular formula is C14H21ClN2O2. The Bertz CT molecular complexity index is 509. The van der Waals surface area contributed by atoms with Crippen LogP contribution in [-0.4, -0.2) is 16.9 Å². The lowest BCUT2D eigenvalue weighted by Gasteiger charge is -2.15. The first-order chi connectivity index (χ1) is 8.85. The molecule has 106 valence electrons. The third kappa shape index (κ3) is 4.39. The van der Waals surface area contributed by atoms with Gasteiger partial charge < -0.3 is 10.3 Å². The van der Waals surface area contributed by atoms with Crippen molar-refractivity contribution in [2.24, 2.45) is 5.92 Å². The Labute approximate surface area is 118 Å². The second-order valence-electron chi connectivity index (χ2n) is 5.20. The second-order valence-corrected chi connectivity index (χ2v) is 5.60. The number of aryl methyl sites for hydroxylation is 1. The van der Waals surface area contributed by atoms with Crippen LogP contribution in [0.15, 0.2) is 10.9 Å². The van der Waals surface area contributed by atoms with Crippen LogP contribution in [0, 0.1) is 5.92 Å². The van der Waals surface area contributed by atoms with Gasteiger partial charge in [-0.05, 0) is 31.7 Å². The van der Waals surface area contributed by atoms with Crippen LogP contribution in [0.2, 0.25) is 5.02 Å². The van der Waals surface area contributed by atoms with E-state index in [0.717, 1.165) is 6.42 Å². The van der Waals surface area contributed by atoms with Crippen molar-refractivity contribution in [3.05, 3.63) is 32.7 Å². The van der Waals surface area contributed by atoms with Crippen LogP contribution in [0.5, 0.6) is 0 Å². The van der Waals surface area contributed by atoms with Gasteiger partial charge in [0.2, 0.25) is 0 Å². The molecule has 0 saturated heterocycles. The molecule has 0 aromatic carbocycles. The smallest absolute Gasteiger partial charge is 0.261 e. The number of H-pyrrole nitrogens is 1. The number of aromatic amines is 1. The highest BCUT2D eigenvalue weighted by Crippen LogP contribution is 2.13. The lowest BCUT2D eigenvalue weighted by Crippen LogP contribution is -2.36. The average Bonchev–Trinajstić information content (AvgIpc) is 2.30. The maximum atomic E-state index is 12.0. The van der Waals surface area contributed by atoms with Crippen molar-refractivity contribution in [3.63, 3.8) is 0 Å². The van der Waals surface area contributed by atoms with Gasteiger partial charge in [-0.25, -0.2) is 0 Å². The predicted octanol–water partition coefficient (Wildman–Crippen LogP) is 2.76. The SMILES string of the molecule is CCc1[nH]c(=O)c(C(=O)N[C@@H](C)CC(C)C)cc1Cl. The molecule has 0 aliphatic rings. The number of amides is 1. The number of hydrogen-bond acceptors (Lipinski definition) is 2. The van der Waals surface area contributed by atoms with Crippen molar-refractivity contribution in [2.75, 3.05) is 0 Å². The summed E-state index contributed by atoms with van der Waals surface area (Å²) in [7, 11) is 0. The van der Waals surface area contributed by atoms with Crippen LogP contribution in [0.1, 0.15) is 50.2 Å². The van der Waals surface area contributed by atoms with Crippen LogP contribution >= 0.6 is 11.6 Å². The zero-order valence-electron chi connectivity index (χ0n) is 11.8. The number of aromatic nitrogens is 1. The molecule has 0 unspecified atom stereocenters.